The van der Waals surface area contributed by atoms with Crippen LogP contribution in [0.25, 0.3) is 0 Å². The van der Waals surface area contributed by atoms with Gasteiger partial charge in [0.15, 0.2) is 0 Å². The van der Waals surface area contributed by atoms with Crippen LogP contribution in [0.2, 0.25) is 0 Å². The van der Waals surface area contributed by atoms with Gasteiger partial charge < -0.3 is 19.7 Å². The molecule has 1 rings (SSSR count). The largest absolute Gasteiger partial charge is 0.490 e. The maximum Gasteiger partial charge on any atom is 0.125 e. The van der Waals surface area contributed by atoms with Crippen LogP contribution in [0.1, 0.15) is 38.0 Å². The molecule has 0 bridgehead atoms. The van der Waals surface area contributed by atoms with E-state index >= 15 is 0 Å². The lowest BCUT2D eigenvalue weighted by Crippen LogP contribution is -2.25. The van der Waals surface area contributed by atoms with Crippen LogP contribution in [0.3, 0.4) is 0 Å². The zero-order chi connectivity index (χ0) is 14.4. The van der Waals surface area contributed by atoms with Gasteiger partial charge in [-0.3, -0.25) is 0 Å². The Hall–Kier alpha value is -1.10. The van der Waals surface area contributed by atoms with Crippen LogP contribution in [0.4, 0.5) is 0 Å². The molecule has 0 saturated heterocycles. The first-order chi connectivity index (χ1) is 8.90. The van der Waals surface area contributed by atoms with E-state index in [1.165, 1.54) is 0 Å². The first kappa shape index (κ1) is 16.0. The molecule has 1 aromatic carbocycles. The highest BCUT2D eigenvalue weighted by atomic mass is 16.5. The molecular weight excluding hydrogens is 244 g/mol. The predicted molar refractivity (Wildman–Crippen MR) is 74.4 cm³/mol. The van der Waals surface area contributed by atoms with E-state index in [1.807, 2.05) is 39.0 Å². The maximum atomic E-state index is 9.73. The summed E-state index contributed by atoms with van der Waals surface area (Å²) in [6.45, 7) is 7.88. The number of aliphatic hydroxyl groups is 2. The quantitative estimate of drug-likeness (QED) is 0.796. The maximum absolute atomic E-state index is 9.73. The Kier molecular flexibility index (Phi) is 6.28. The third-order valence-corrected chi connectivity index (χ3v) is 2.67. The molecule has 2 N–H and O–H groups in total. The normalized spacial score (nSPS) is 14.5. The molecule has 0 heterocycles. The van der Waals surface area contributed by atoms with Crippen molar-refractivity contribution in [3.63, 3.8) is 0 Å². The Labute approximate surface area is 115 Å². The summed E-state index contributed by atoms with van der Waals surface area (Å²) in [4.78, 5) is 0. The van der Waals surface area contributed by atoms with Crippen molar-refractivity contribution < 1.29 is 19.7 Å². The molecule has 2 atom stereocenters. The average Bonchev–Trinajstić information content (AvgIpc) is 2.34. The van der Waals surface area contributed by atoms with Crippen LogP contribution in [0, 0.1) is 6.92 Å². The van der Waals surface area contributed by atoms with Gasteiger partial charge in [-0.05, 0) is 39.8 Å². The number of aliphatic hydroxyl groups excluding tert-OH is 2. The second kappa shape index (κ2) is 7.48. The summed E-state index contributed by atoms with van der Waals surface area (Å²) in [5.41, 5.74) is 1.80. The first-order valence-corrected chi connectivity index (χ1v) is 6.61. The Balaban J connectivity index is 2.57. The van der Waals surface area contributed by atoms with E-state index in [4.69, 9.17) is 9.47 Å². The van der Waals surface area contributed by atoms with Gasteiger partial charge in [0.25, 0.3) is 0 Å². The molecule has 0 spiro atoms. The smallest absolute Gasteiger partial charge is 0.125 e. The molecule has 19 heavy (non-hydrogen) atoms. The minimum atomic E-state index is -0.675. The Morgan fingerprint density at radius 3 is 2.37 bits per heavy atom. The summed E-state index contributed by atoms with van der Waals surface area (Å²) in [6, 6.07) is 5.61. The van der Waals surface area contributed by atoms with Crippen LogP contribution in [-0.4, -0.2) is 35.6 Å². The fourth-order valence-corrected chi connectivity index (χ4v) is 1.66. The standard InChI is InChI=1S/C15H24O4/c1-10(2)18-8-13(17)9-19-15-6-5-11(3)7-14(15)12(4)16/h5-7,10,12-13,16-17H,8-9H2,1-4H3. The third-order valence-electron chi connectivity index (χ3n) is 2.67. The van der Waals surface area contributed by atoms with Crippen molar-refractivity contribution in [2.24, 2.45) is 0 Å². The van der Waals surface area contributed by atoms with Crippen molar-refractivity contribution in [2.45, 2.75) is 46.0 Å². The molecule has 4 heteroatoms. The van der Waals surface area contributed by atoms with E-state index in [0.717, 1.165) is 11.1 Å². The SMILES string of the molecule is Cc1ccc(OCC(O)COC(C)C)c(C(C)O)c1. The Bertz CT molecular complexity index is 388. The van der Waals surface area contributed by atoms with E-state index in [0.29, 0.717) is 5.75 Å². The summed E-state index contributed by atoms with van der Waals surface area (Å²) < 4.78 is 10.9. The van der Waals surface area contributed by atoms with Gasteiger partial charge >= 0.3 is 0 Å². The molecule has 0 radical (unpaired) electrons. The highest BCUT2D eigenvalue weighted by Crippen LogP contribution is 2.26. The molecule has 108 valence electrons. The van der Waals surface area contributed by atoms with E-state index < -0.39 is 12.2 Å². The molecular formula is C15H24O4. The number of hydrogen-bond donors (Lipinski definition) is 2. The van der Waals surface area contributed by atoms with Gasteiger partial charge in [0.1, 0.15) is 18.5 Å². The predicted octanol–water partition coefficient (Wildman–Crippen LogP) is 2.21. The van der Waals surface area contributed by atoms with Crippen LogP contribution in [0.5, 0.6) is 5.75 Å². The fraction of sp³-hybridized carbons (Fsp3) is 0.600. The molecule has 0 aromatic heterocycles. The molecule has 0 aliphatic heterocycles. The topological polar surface area (TPSA) is 58.9 Å². The molecule has 0 aliphatic rings. The summed E-state index contributed by atoms with van der Waals surface area (Å²) in [5.74, 6) is 0.601. The van der Waals surface area contributed by atoms with Crippen molar-refractivity contribution in [3.8, 4) is 5.75 Å². The van der Waals surface area contributed by atoms with E-state index in [2.05, 4.69) is 0 Å². The zero-order valence-corrected chi connectivity index (χ0v) is 12.1. The van der Waals surface area contributed by atoms with E-state index in [1.54, 1.807) is 6.92 Å². The summed E-state index contributed by atoms with van der Waals surface area (Å²) in [6.07, 6.45) is -1.19. The van der Waals surface area contributed by atoms with Crippen molar-refractivity contribution in [2.75, 3.05) is 13.2 Å². The van der Waals surface area contributed by atoms with Crippen molar-refractivity contribution >= 4 is 0 Å². The summed E-state index contributed by atoms with van der Waals surface area (Å²) in [5, 5.41) is 19.4. The third kappa shape index (κ3) is 5.59. The van der Waals surface area contributed by atoms with E-state index in [-0.39, 0.29) is 19.3 Å². The van der Waals surface area contributed by atoms with Crippen molar-refractivity contribution in [3.05, 3.63) is 29.3 Å². The molecule has 2 unspecified atom stereocenters. The van der Waals surface area contributed by atoms with Crippen LogP contribution in [0.15, 0.2) is 18.2 Å². The summed E-state index contributed by atoms with van der Waals surface area (Å²) >= 11 is 0. The van der Waals surface area contributed by atoms with E-state index in [9.17, 15) is 10.2 Å². The minimum Gasteiger partial charge on any atom is -0.490 e. The van der Waals surface area contributed by atoms with Crippen molar-refractivity contribution in [1.29, 1.82) is 0 Å². The number of aryl methyl sites for hydroxylation is 1. The molecule has 0 amide bonds. The van der Waals surface area contributed by atoms with Gasteiger partial charge in [-0.15, -0.1) is 0 Å². The Morgan fingerprint density at radius 2 is 1.79 bits per heavy atom. The van der Waals surface area contributed by atoms with Gasteiger partial charge in [-0.25, -0.2) is 0 Å². The fourth-order valence-electron chi connectivity index (χ4n) is 1.66. The molecule has 0 fully saturated rings. The van der Waals surface area contributed by atoms with Gasteiger partial charge in [0, 0.05) is 5.56 Å². The molecule has 4 nitrogen and oxygen atoms in total. The Morgan fingerprint density at radius 1 is 1.11 bits per heavy atom. The van der Waals surface area contributed by atoms with Gasteiger partial charge in [0.05, 0.1) is 18.8 Å². The molecule has 1 aromatic rings. The second-order valence-electron chi connectivity index (χ2n) is 5.06. The van der Waals surface area contributed by atoms with Gasteiger partial charge in [-0.1, -0.05) is 11.6 Å². The lowest BCUT2D eigenvalue weighted by atomic mass is 10.1. The van der Waals surface area contributed by atoms with Crippen molar-refractivity contribution in [1.82, 2.24) is 0 Å². The number of hydrogen-bond acceptors (Lipinski definition) is 4. The molecule has 0 saturated carbocycles. The average molecular weight is 268 g/mol. The van der Waals surface area contributed by atoms with Crippen LogP contribution in [-0.2, 0) is 4.74 Å². The molecule has 0 aliphatic carbocycles. The van der Waals surface area contributed by atoms with Crippen LogP contribution >= 0.6 is 0 Å². The van der Waals surface area contributed by atoms with Crippen LogP contribution < -0.4 is 4.74 Å². The van der Waals surface area contributed by atoms with Gasteiger partial charge in [-0.2, -0.15) is 0 Å². The van der Waals surface area contributed by atoms with Gasteiger partial charge in [0.2, 0.25) is 0 Å². The number of rotatable bonds is 7. The lowest BCUT2D eigenvalue weighted by molar-refractivity contribution is -0.0126. The number of ether oxygens (including phenoxy) is 2. The lowest BCUT2D eigenvalue weighted by Gasteiger charge is -2.17. The summed E-state index contributed by atoms with van der Waals surface area (Å²) in [7, 11) is 0. The minimum absolute atomic E-state index is 0.0852. The number of benzene rings is 1. The zero-order valence-electron chi connectivity index (χ0n) is 12.1. The first-order valence-electron chi connectivity index (χ1n) is 6.61. The second-order valence-corrected chi connectivity index (χ2v) is 5.06. The highest BCUT2D eigenvalue weighted by Gasteiger charge is 2.12. The monoisotopic (exact) mass is 268 g/mol. The highest BCUT2D eigenvalue weighted by molar-refractivity contribution is 5.38.